The molecular weight excluding hydrogens is 315 g/mol. The van der Waals surface area contributed by atoms with Gasteiger partial charge < -0.3 is 9.29 Å². The van der Waals surface area contributed by atoms with Crippen molar-refractivity contribution in [2.75, 3.05) is 0 Å². The van der Waals surface area contributed by atoms with Crippen molar-refractivity contribution in [1.29, 1.82) is 0 Å². The number of aromatic nitrogens is 1. The zero-order chi connectivity index (χ0) is 15.8. The van der Waals surface area contributed by atoms with E-state index in [-0.39, 0.29) is 16.3 Å². The predicted octanol–water partition coefficient (Wildman–Crippen LogP) is 2.16. The van der Waals surface area contributed by atoms with Gasteiger partial charge in [-0.15, -0.1) is 0 Å². The van der Waals surface area contributed by atoms with Crippen molar-refractivity contribution in [2.24, 2.45) is 0 Å². The Morgan fingerprint density at radius 2 is 1.90 bits per heavy atom. The van der Waals surface area contributed by atoms with E-state index in [9.17, 15) is 26.4 Å². The number of carboxylic acid groups (broad SMARTS) is 1. The highest BCUT2D eigenvalue weighted by molar-refractivity contribution is 7.88. The van der Waals surface area contributed by atoms with Crippen LogP contribution in [-0.2, 0) is 10.1 Å². The van der Waals surface area contributed by atoms with E-state index in [1.807, 2.05) is 0 Å². The largest absolute Gasteiger partial charge is 0.534 e. The van der Waals surface area contributed by atoms with Crippen LogP contribution in [0.1, 0.15) is 10.4 Å². The minimum Gasteiger partial charge on any atom is -0.478 e. The maximum Gasteiger partial charge on any atom is 0.534 e. The van der Waals surface area contributed by atoms with Gasteiger partial charge in [0.1, 0.15) is 0 Å². The summed E-state index contributed by atoms with van der Waals surface area (Å²) in [6, 6.07) is 4.69. The SMILES string of the molecule is O=C(O)c1ccc2c(OS(=O)(=O)C(F)(F)F)nccc2c1. The number of carboxylic acids is 1. The Labute approximate surface area is 115 Å². The maximum absolute atomic E-state index is 12.3. The summed E-state index contributed by atoms with van der Waals surface area (Å²) < 4.78 is 62.7. The van der Waals surface area contributed by atoms with E-state index >= 15 is 0 Å². The van der Waals surface area contributed by atoms with E-state index in [1.54, 1.807) is 0 Å². The van der Waals surface area contributed by atoms with E-state index in [0.717, 1.165) is 24.4 Å². The summed E-state index contributed by atoms with van der Waals surface area (Å²) >= 11 is 0. The first-order valence-electron chi connectivity index (χ1n) is 5.24. The average Bonchev–Trinajstić information content (AvgIpc) is 2.36. The van der Waals surface area contributed by atoms with Crippen LogP contribution in [0.4, 0.5) is 13.2 Å². The summed E-state index contributed by atoms with van der Waals surface area (Å²) in [5.41, 5.74) is -5.70. The number of rotatable bonds is 3. The molecule has 2 aromatic rings. The van der Waals surface area contributed by atoms with E-state index in [0.29, 0.717) is 0 Å². The summed E-state index contributed by atoms with van der Waals surface area (Å²) in [5.74, 6) is -2.01. The Hall–Kier alpha value is -2.36. The van der Waals surface area contributed by atoms with Crippen LogP contribution in [0, 0.1) is 0 Å². The lowest BCUT2D eigenvalue weighted by Crippen LogP contribution is -2.28. The molecule has 0 saturated heterocycles. The zero-order valence-corrected chi connectivity index (χ0v) is 10.8. The first kappa shape index (κ1) is 15.0. The Balaban J connectivity index is 2.54. The fourth-order valence-corrected chi connectivity index (χ4v) is 1.94. The van der Waals surface area contributed by atoms with Crippen molar-refractivity contribution in [3.05, 3.63) is 36.0 Å². The minimum absolute atomic E-state index is 0.0599. The third-order valence-electron chi connectivity index (χ3n) is 2.45. The number of aromatic carboxylic acids is 1. The van der Waals surface area contributed by atoms with Crippen LogP contribution in [0.3, 0.4) is 0 Å². The molecule has 112 valence electrons. The van der Waals surface area contributed by atoms with Crippen molar-refractivity contribution in [3.8, 4) is 5.88 Å². The first-order chi connectivity index (χ1) is 9.62. The molecule has 0 bridgehead atoms. The van der Waals surface area contributed by atoms with Crippen LogP contribution in [0.5, 0.6) is 5.88 Å². The van der Waals surface area contributed by atoms with Gasteiger partial charge in [-0.1, -0.05) is 0 Å². The quantitative estimate of drug-likeness (QED) is 0.688. The highest BCUT2D eigenvalue weighted by Crippen LogP contribution is 2.30. The Bertz CT molecular complexity index is 816. The molecule has 0 spiro atoms. The number of alkyl halides is 3. The van der Waals surface area contributed by atoms with Gasteiger partial charge in [-0.25, -0.2) is 9.78 Å². The van der Waals surface area contributed by atoms with Crippen LogP contribution in [0.15, 0.2) is 30.5 Å². The van der Waals surface area contributed by atoms with Crippen molar-refractivity contribution in [3.63, 3.8) is 0 Å². The summed E-state index contributed by atoms with van der Waals surface area (Å²) in [5, 5.41) is 8.93. The molecule has 1 N–H and O–H groups in total. The van der Waals surface area contributed by atoms with Crippen LogP contribution in [0.2, 0.25) is 0 Å². The lowest BCUT2D eigenvalue weighted by Gasteiger charge is -2.10. The minimum atomic E-state index is -5.85. The number of benzene rings is 1. The molecule has 1 aromatic heterocycles. The molecule has 0 aliphatic rings. The third kappa shape index (κ3) is 2.89. The van der Waals surface area contributed by atoms with Gasteiger partial charge in [0.05, 0.1) is 5.56 Å². The summed E-state index contributed by atoms with van der Waals surface area (Å²) in [7, 11) is -5.85. The van der Waals surface area contributed by atoms with Crippen molar-refractivity contribution in [2.45, 2.75) is 5.51 Å². The van der Waals surface area contributed by atoms with Crippen molar-refractivity contribution >= 4 is 26.9 Å². The van der Waals surface area contributed by atoms with E-state index in [2.05, 4.69) is 9.17 Å². The van der Waals surface area contributed by atoms with Gasteiger partial charge in [0, 0.05) is 11.6 Å². The van der Waals surface area contributed by atoms with Crippen LogP contribution in [-0.4, -0.2) is 30.0 Å². The molecule has 0 radical (unpaired) electrons. The molecule has 0 amide bonds. The zero-order valence-electron chi connectivity index (χ0n) is 9.96. The molecule has 0 unspecified atom stereocenters. The fraction of sp³-hybridized carbons (Fsp3) is 0.0909. The number of nitrogens with zero attached hydrogens (tertiary/aromatic N) is 1. The van der Waals surface area contributed by atoms with E-state index in [1.165, 1.54) is 6.07 Å². The monoisotopic (exact) mass is 321 g/mol. The molecule has 0 saturated carbocycles. The van der Waals surface area contributed by atoms with Crippen LogP contribution < -0.4 is 4.18 Å². The molecule has 0 aliphatic carbocycles. The summed E-state index contributed by atoms with van der Waals surface area (Å²) in [6.45, 7) is 0. The van der Waals surface area contributed by atoms with Gasteiger partial charge in [-0.05, 0) is 29.7 Å². The second-order valence-electron chi connectivity index (χ2n) is 3.84. The predicted molar refractivity (Wildman–Crippen MR) is 64.3 cm³/mol. The molecule has 10 heteroatoms. The lowest BCUT2D eigenvalue weighted by molar-refractivity contribution is -0.0500. The Kier molecular flexibility index (Phi) is 3.49. The third-order valence-corrected chi connectivity index (χ3v) is 3.39. The summed E-state index contributed by atoms with van der Waals surface area (Å²) in [4.78, 5) is 14.2. The highest BCUT2D eigenvalue weighted by atomic mass is 32.2. The molecule has 2 rings (SSSR count). The molecule has 0 aliphatic heterocycles. The molecular formula is C11H6F3NO5S. The average molecular weight is 321 g/mol. The first-order valence-corrected chi connectivity index (χ1v) is 6.65. The van der Waals surface area contributed by atoms with Crippen LogP contribution in [0.25, 0.3) is 10.8 Å². The fourth-order valence-electron chi connectivity index (χ4n) is 1.50. The smallest absolute Gasteiger partial charge is 0.478 e. The molecule has 21 heavy (non-hydrogen) atoms. The maximum atomic E-state index is 12.3. The topological polar surface area (TPSA) is 93.6 Å². The molecule has 0 atom stereocenters. The highest BCUT2D eigenvalue weighted by Gasteiger charge is 2.49. The molecule has 6 nitrogen and oxygen atoms in total. The molecule has 0 fully saturated rings. The van der Waals surface area contributed by atoms with Gasteiger partial charge in [-0.2, -0.15) is 21.6 Å². The Morgan fingerprint density at radius 1 is 1.24 bits per heavy atom. The van der Waals surface area contributed by atoms with Gasteiger partial charge in [0.2, 0.25) is 5.88 Å². The van der Waals surface area contributed by atoms with Gasteiger partial charge in [-0.3, -0.25) is 0 Å². The van der Waals surface area contributed by atoms with Crippen LogP contribution >= 0.6 is 0 Å². The standard InChI is InChI=1S/C11H6F3NO5S/c12-11(13,14)21(18,19)20-9-8-2-1-7(10(16)17)5-6(8)3-4-15-9/h1-5H,(H,16,17). The van der Waals surface area contributed by atoms with E-state index in [4.69, 9.17) is 5.11 Å². The number of pyridine rings is 1. The molecule has 1 aromatic carbocycles. The van der Waals surface area contributed by atoms with Gasteiger partial charge in [0.15, 0.2) is 0 Å². The Morgan fingerprint density at radius 3 is 2.48 bits per heavy atom. The number of carbonyl (C=O) groups is 1. The normalized spacial score (nSPS) is 12.3. The van der Waals surface area contributed by atoms with Gasteiger partial charge in [0.25, 0.3) is 0 Å². The number of fused-ring (bicyclic) bond motifs is 1. The van der Waals surface area contributed by atoms with Gasteiger partial charge >= 0.3 is 21.6 Å². The second kappa shape index (κ2) is 4.88. The van der Waals surface area contributed by atoms with Crippen molar-refractivity contribution in [1.82, 2.24) is 4.98 Å². The lowest BCUT2D eigenvalue weighted by atomic mass is 10.1. The second-order valence-corrected chi connectivity index (χ2v) is 5.38. The van der Waals surface area contributed by atoms with E-state index < -0.39 is 27.5 Å². The summed E-state index contributed by atoms with van der Waals surface area (Å²) in [6.07, 6.45) is 1.01. The molecule has 1 heterocycles. The number of halogens is 3. The number of hydrogen-bond donors (Lipinski definition) is 1. The number of hydrogen-bond acceptors (Lipinski definition) is 5. The van der Waals surface area contributed by atoms with Crippen molar-refractivity contribution < 1.29 is 35.7 Å².